The number of nitriles is 1. The van der Waals surface area contributed by atoms with E-state index in [4.69, 9.17) is 5.26 Å². The molecule has 0 aliphatic carbocycles. The van der Waals surface area contributed by atoms with Crippen molar-refractivity contribution in [2.24, 2.45) is 0 Å². The van der Waals surface area contributed by atoms with Crippen LogP contribution in [0.1, 0.15) is 22.3 Å². The van der Waals surface area contributed by atoms with Crippen molar-refractivity contribution in [3.05, 3.63) is 64.5 Å². The van der Waals surface area contributed by atoms with Crippen molar-refractivity contribution >= 4 is 11.8 Å². The lowest BCUT2D eigenvalue weighted by molar-refractivity contribution is 0.617. The molecule has 0 radical (unpaired) electrons. The van der Waals surface area contributed by atoms with E-state index in [0.29, 0.717) is 16.9 Å². The fraction of sp³-hybridized carbons (Fsp3) is 0.188. The molecule has 0 aromatic heterocycles. The van der Waals surface area contributed by atoms with Gasteiger partial charge in [0, 0.05) is 10.6 Å². The molecule has 0 aliphatic heterocycles. The molecule has 0 N–H and O–H groups in total. The number of aryl methyl sites for hydroxylation is 2. The Kier molecular flexibility index (Phi) is 4.24. The summed E-state index contributed by atoms with van der Waals surface area (Å²) in [5.74, 6) is 0.280. The molecule has 0 unspecified atom stereocenters. The summed E-state index contributed by atoms with van der Waals surface area (Å²) < 4.78 is 13.7. The molecular weight excluding hydrogens is 257 g/mol. The first-order chi connectivity index (χ1) is 9.10. The van der Waals surface area contributed by atoms with Crippen molar-refractivity contribution in [1.82, 2.24) is 0 Å². The second kappa shape index (κ2) is 5.90. The van der Waals surface area contributed by atoms with Crippen molar-refractivity contribution < 1.29 is 4.39 Å². The van der Waals surface area contributed by atoms with Gasteiger partial charge in [0.25, 0.3) is 0 Å². The molecule has 0 aliphatic rings. The van der Waals surface area contributed by atoms with Crippen LogP contribution in [0.5, 0.6) is 0 Å². The predicted octanol–water partition coefficient (Wildman–Crippen LogP) is 4.61. The van der Waals surface area contributed by atoms with Crippen LogP contribution in [0.3, 0.4) is 0 Å². The van der Waals surface area contributed by atoms with E-state index in [1.807, 2.05) is 19.9 Å². The molecule has 0 heterocycles. The zero-order valence-corrected chi connectivity index (χ0v) is 11.7. The predicted molar refractivity (Wildman–Crippen MR) is 76.6 cm³/mol. The topological polar surface area (TPSA) is 23.8 Å². The normalized spacial score (nSPS) is 10.2. The van der Waals surface area contributed by atoms with Crippen molar-refractivity contribution in [1.29, 1.82) is 5.26 Å². The van der Waals surface area contributed by atoms with Crippen LogP contribution in [0.4, 0.5) is 4.39 Å². The van der Waals surface area contributed by atoms with Gasteiger partial charge in [0.15, 0.2) is 0 Å². The van der Waals surface area contributed by atoms with Gasteiger partial charge in [0.2, 0.25) is 0 Å². The van der Waals surface area contributed by atoms with Gasteiger partial charge in [-0.25, -0.2) is 4.39 Å². The van der Waals surface area contributed by atoms with Crippen LogP contribution in [0, 0.1) is 31.0 Å². The summed E-state index contributed by atoms with van der Waals surface area (Å²) in [7, 11) is 0. The van der Waals surface area contributed by atoms with Gasteiger partial charge >= 0.3 is 0 Å². The van der Waals surface area contributed by atoms with Crippen LogP contribution in [-0.2, 0) is 5.75 Å². The highest BCUT2D eigenvalue weighted by Crippen LogP contribution is 2.28. The fourth-order valence-corrected chi connectivity index (χ4v) is 2.87. The van der Waals surface area contributed by atoms with E-state index in [1.165, 1.54) is 23.3 Å². The molecule has 2 aromatic rings. The summed E-state index contributed by atoms with van der Waals surface area (Å²) >= 11 is 1.60. The zero-order valence-electron chi connectivity index (χ0n) is 10.9. The zero-order chi connectivity index (χ0) is 13.8. The smallest absolute Gasteiger partial charge is 0.127 e. The van der Waals surface area contributed by atoms with Gasteiger partial charge in [0.1, 0.15) is 5.82 Å². The summed E-state index contributed by atoms with van der Waals surface area (Å²) in [5.41, 5.74) is 3.45. The molecule has 0 saturated heterocycles. The van der Waals surface area contributed by atoms with Gasteiger partial charge in [-0.05, 0) is 49.2 Å². The Labute approximate surface area is 117 Å². The average molecular weight is 271 g/mol. The Morgan fingerprint density at radius 2 is 1.95 bits per heavy atom. The average Bonchev–Trinajstić information content (AvgIpc) is 2.41. The van der Waals surface area contributed by atoms with Crippen LogP contribution in [0.25, 0.3) is 0 Å². The van der Waals surface area contributed by atoms with Gasteiger partial charge < -0.3 is 0 Å². The number of thioether (sulfide) groups is 1. The van der Waals surface area contributed by atoms with Crippen LogP contribution in [0.15, 0.2) is 41.3 Å². The maximum absolute atomic E-state index is 13.7. The van der Waals surface area contributed by atoms with Crippen molar-refractivity contribution in [2.45, 2.75) is 24.5 Å². The first kappa shape index (κ1) is 13.6. The highest BCUT2D eigenvalue weighted by atomic mass is 32.2. The molecule has 19 heavy (non-hydrogen) atoms. The van der Waals surface area contributed by atoms with Crippen LogP contribution >= 0.6 is 11.8 Å². The molecule has 0 fully saturated rings. The Morgan fingerprint density at radius 1 is 1.16 bits per heavy atom. The number of hydrogen-bond acceptors (Lipinski definition) is 2. The van der Waals surface area contributed by atoms with Gasteiger partial charge in [-0.15, -0.1) is 11.8 Å². The Morgan fingerprint density at radius 3 is 2.68 bits per heavy atom. The lowest BCUT2D eigenvalue weighted by Gasteiger charge is -2.08. The van der Waals surface area contributed by atoms with Crippen LogP contribution in [0.2, 0.25) is 0 Å². The third-order valence-corrected chi connectivity index (χ3v) is 4.11. The van der Waals surface area contributed by atoms with Crippen LogP contribution < -0.4 is 0 Å². The first-order valence-electron chi connectivity index (χ1n) is 5.99. The summed E-state index contributed by atoms with van der Waals surface area (Å²) in [6, 6.07) is 12.8. The number of benzene rings is 2. The minimum atomic E-state index is -0.253. The van der Waals surface area contributed by atoms with E-state index < -0.39 is 0 Å². The highest BCUT2D eigenvalue weighted by Gasteiger charge is 2.06. The molecule has 2 rings (SSSR count). The molecule has 0 atom stereocenters. The molecular formula is C16H14FNS. The molecule has 0 spiro atoms. The van der Waals surface area contributed by atoms with E-state index in [1.54, 1.807) is 17.8 Å². The minimum Gasteiger partial charge on any atom is -0.207 e. The third-order valence-electron chi connectivity index (χ3n) is 2.90. The van der Waals surface area contributed by atoms with E-state index in [0.717, 1.165) is 4.90 Å². The summed E-state index contributed by atoms with van der Waals surface area (Å²) in [6.45, 7) is 4.09. The SMILES string of the molecule is Cc1ccc(C)c(SCc2cc(C#N)ccc2F)c1. The number of hydrogen-bond donors (Lipinski definition) is 0. The second-order valence-electron chi connectivity index (χ2n) is 4.48. The standard InChI is InChI=1S/C16H14FNS/c1-11-3-4-12(2)16(7-11)19-10-14-8-13(9-18)5-6-15(14)17/h3-8H,10H2,1-2H3. The lowest BCUT2D eigenvalue weighted by atomic mass is 10.1. The number of rotatable bonds is 3. The second-order valence-corrected chi connectivity index (χ2v) is 5.49. The van der Waals surface area contributed by atoms with Gasteiger partial charge in [-0.2, -0.15) is 5.26 Å². The van der Waals surface area contributed by atoms with E-state index in [-0.39, 0.29) is 5.82 Å². The van der Waals surface area contributed by atoms with Crippen molar-refractivity contribution in [3.63, 3.8) is 0 Å². The number of halogens is 1. The third kappa shape index (κ3) is 3.36. The minimum absolute atomic E-state index is 0.253. The van der Waals surface area contributed by atoms with Gasteiger partial charge in [-0.1, -0.05) is 17.7 Å². The summed E-state index contributed by atoms with van der Waals surface area (Å²) in [5, 5.41) is 8.84. The maximum atomic E-state index is 13.7. The maximum Gasteiger partial charge on any atom is 0.127 e. The largest absolute Gasteiger partial charge is 0.207 e. The van der Waals surface area contributed by atoms with E-state index >= 15 is 0 Å². The van der Waals surface area contributed by atoms with Crippen molar-refractivity contribution in [2.75, 3.05) is 0 Å². The molecule has 0 amide bonds. The molecule has 96 valence electrons. The Balaban J connectivity index is 2.19. The number of nitrogens with zero attached hydrogens (tertiary/aromatic N) is 1. The molecule has 0 bridgehead atoms. The quantitative estimate of drug-likeness (QED) is 0.761. The first-order valence-corrected chi connectivity index (χ1v) is 6.97. The van der Waals surface area contributed by atoms with Crippen molar-refractivity contribution in [3.8, 4) is 6.07 Å². The summed E-state index contributed by atoms with van der Waals surface area (Å²) in [6.07, 6.45) is 0. The highest BCUT2D eigenvalue weighted by molar-refractivity contribution is 7.98. The van der Waals surface area contributed by atoms with E-state index in [2.05, 4.69) is 18.2 Å². The van der Waals surface area contributed by atoms with Gasteiger partial charge in [0.05, 0.1) is 11.6 Å². The molecule has 2 aromatic carbocycles. The molecule has 3 heteroatoms. The van der Waals surface area contributed by atoms with Gasteiger partial charge in [-0.3, -0.25) is 0 Å². The fourth-order valence-electron chi connectivity index (χ4n) is 1.77. The molecule has 0 saturated carbocycles. The Bertz CT molecular complexity index is 644. The Hall–Kier alpha value is -1.79. The van der Waals surface area contributed by atoms with Crippen LogP contribution in [-0.4, -0.2) is 0 Å². The monoisotopic (exact) mass is 271 g/mol. The molecule has 1 nitrogen and oxygen atoms in total. The summed E-state index contributed by atoms with van der Waals surface area (Å²) in [4.78, 5) is 1.15. The van der Waals surface area contributed by atoms with E-state index in [9.17, 15) is 4.39 Å². The lowest BCUT2D eigenvalue weighted by Crippen LogP contribution is -1.90.